The van der Waals surface area contributed by atoms with Crippen molar-refractivity contribution in [3.8, 4) is 17.6 Å². The first-order valence-corrected chi connectivity index (χ1v) is 12.3. The zero-order valence-corrected chi connectivity index (χ0v) is 22.6. The third-order valence-corrected chi connectivity index (χ3v) is 5.83. The number of carbonyl (C=O) groups excluding carboxylic acids is 2. The van der Waals surface area contributed by atoms with Gasteiger partial charge < -0.3 is 19.5 Å². The summed E-state index contributed by atoms with van der Waals surface area (Å²) in [4.78, 5) is 24.3. The van der Waals surface area contributed by atoms with Crippen LogP contribution >= 0.6 is 15.9 Å². The summed E-state index contributed by atoms with van der Waals surface area (Å²) < 4.78 is 17.2. The molecule has 1 amide bonds. The van der Waals surface area contributed by atoms with Crippen molar-refractivity contribution in [2.24, 2.45) is 0 Å². The Kier molecular flexibility index (Phi) is 9.47. The van der Waals surface area contributed by atoms with Crippen LogP contribution in [-0.2, 0) is 16.1 Å². The van der Waals surface area contributed by atoms with Crippen LogP contribution < -0.4 is 14.8 Å². The maximum Gasteiger partial charge on any atom is 0.337 e. The third kappa shape index (κ3) is 7.45. The number of hydrogen-bond donors (Lipinski definition) is 1. The molecule has 37 heavy (non-hydrogen) atoms. The third-order valence-electron chi connectivity index (χ3n) is 5.24. The number of hydrogen-bond acceptors (Lipinski definition) is 6. The minimum atomic E-state index is -0.586. The van der Waals surface area contributed by atoms with E-state index in [2.05, 4.69) is 44.2 Å². The molecule has 0 saturated heterocycles. The van der Waals surface area contributed by atoms with Gasteiger partial charge in [0.2, 0.25) is 0 Å². The van der Waals surface area contributed by atoms with Gasteiger partial charge in [0.25, 0.3) is 5.91 Å². The largest absolute Gasteiger partial charge is 0.490 e. The molecule has 1 N–H and O–H groups in total. The standard InChI is InChI=1S/C29H27BrN2O5/c1-5-36-26-15-20(14-25(30)27(26)37-17-21-11-18(2)10-19(3)12-21)13-23(16-31)28(33)32-24-8-6-22(7-9-24)29(34)35-4/h6-15H,5,17H2,1-4H3,(H,32,33)/b23-13+. The van der Waals surface area contributed by atoms with Crippen LogP contribution in [0.5, 0.6) is 11.5 Å². The second kappa shape index (κ2) is 12.7. The molecule has 3 rings (SSSR count). The second-order valence-corrected chi connectivity index (χ2v) is 9.09. The minimum absolute atomic E-state index is 0.102. The van der Waals surface area contributed by atoms with Gasteiger partial charge in [0.1, 0.15) is 18.2 Å². The lowest BCUT2D eigenvalue weighted by Crippen LogP contribution is -2.13. The van der Waals surface area contributed by atoms with E-state index < -0.39 is 11.9 Å². The monoisotopic (exact) mass is 562 g/mol. The van der Waals surface area contributed by atoms with E-state index in [1.807, 2.05) is 26.8 Å². The Hall–Kier alpha value is -4.09. The lowest BCUT2D eigenvalue weighted by Gasteiger charge is -2.15. The van der Waals surface area contributed by atoms with E-state index in [1.165, 1.54) is 25.3 Å². The minimum Gasteiger partial charge on any atom is -0.490 e. The molecule has 0 saturated carbocycles. The molecule has 0 aliphatic carbocycles. The SMILES string of the molecule is CCOc1cc(/C=C(\C#N)C(=O)Nc2ccc(C(=O)OC)cc2)cc(Br)c1OCc1cc(C)cc(C)c1. The number of nitrogens with one attached hydrogen (secondary N) is 1. The zero-order chi connectivity index (χ0) is 26.9. The van der Waals surface area contributed by atoms with Crippen LogP contribution in [0.25, 0.3) is 6.08 Å². The highest BCUT2D eigenvalue weighted by Crippen LogP contribution is 2.38. The fraction of sp³-hybridized carbons (Fsp3) is 0.207. The summed E-state index contributed by atoms with van der Waals surface area (Å²) in [5.74, 6) is -0.0412. The average molecular weight is 563 g/mol. The van der Waals surface area contributed by atoms with Gasteiger partial charge in [-0.25, -0.2) is 4.79 Å². The smallest absolute Gasteiger partial charge is 0.337 e. The average Bonchev–Trinajstić information content (AvgIpc) is 2.86. The molecular formula is C29H27BrN2O5. The highest BCUT2D eigenvalue weighted by molar-refractivity contribution is 9.10. The van der Waals surface area contributed by atoms with Gasteiger partial charge in [0, 0.05) is 5.69 Å². The van der Waals surface area contributed by atoms with Gasteiger partial charge in [-0.1, -0.05) is 29.3 Å². The Balaban J connectivity index is 1.82. The van der Waals surface area contributed by atoms with Crippen molar-refractivity contribution >= 4 is 39.6 Å². The summed E-state index contributed by atoms with van der Waals surface area (Å²) in [6.07, 6.45) is 1.47. The van der Waals surface area contributed by atoms with Crippen molar-refractivity contribution in [3.63, 3.8) is 0 Å². The van der Waals surface area contributed by atoms with E-state index in [4.69, 9.17) is 9.47 Å². The topological polar surface area (TPSA) is 97.7 Å². The number of carbonyl (C=O) groups is 2. The fourth-order valence-electron chi connectivity index (χ4n) is 3.70. The van der Waals surface area contributed by atoms with Gasteiger partial charge in [-0.05, 0) is 90.3 Å². The molecule has 190 valence electrons. The molecule has 3 aromatic carbocycles. The maximum absolute atomic E-state index is 12.7. The Labute approximate surface area is 224 Å². The molecular weight excluding hydrogens is 536 g/mol. The van der Waals surface area contributed by atoms with Crippen molar-refractivity contribution in [2.45, 2.75) is 27.4 Å². The number of nitrogens with zero attached hydrogens (tertiary/aromatic N) is 1. The predicted molar refractivity (Wildman–Crippen MR) is 146 cm³/mol. The molecule has 0 aliphatic rings. The van der Waals surface area contributed by atoms with Crippen LogP contribution in [0.3, 0.4) is 0 Å². The number of ether oxygens (including phenoxy) is 3. The molecule has 0 bridgehead atoms. The van der Waals surface area contributed by atoms with Gasteiger partial charge in [-0.2, -0.15) is 5.26 Å². The summed E-state index contributed by atoms with van der Waals surface area (Å²) in [7, 11) is 1.29. The van der Waals surface area contributed by atoms with Crippen LogP contribution in [0, 0.1) is 25.2 Å². The number of methoxy groups -OCH3 is 1. The molecule has 0 fully saturated rings. The number of rotatable bonds is 9. The van der Waals surface area contributed by atoms with Crippen molar-refractivity contribution < 1.29 is 23.8 Å². The highest BCUT2D eigenvalue weighted by atomic mass is 79.9. The van der Waals surface area contributed by atoms with Gasteiger partial charge in [0.15, 0.2) is 11.5 Å². The number of amides is 1. The summed E-state index contributed by atoms with van der Waals surface area (Å²) >= 11 is 3.54. The molecule has 0 aromatic heterocycles. The van der Waals surface area contributed by atoms with Crippen molar-refractivity contribution in [1.82, 2.24) is 0 Å². The number of esters is 1. The molecule has 0 radical (unpaired) electrons. The lowest BCUT2D eigenvalue weighted by molar-refractivity contribution is -0.112. The van der Waals surface area contributed by atoms with Crippen LogP contribution in [0.4, 0.5) is 5.69 Å². The number of nitriles is 1. The molecule has 0 heterocycles. The van der Waals surface area contributed by atoms with E-state index in [0.717, 1.165) is 16.7 Å². The number of halogens is 1. The second-order valence-electron chi connectivity index (χ2n) is 8.24. The number of benzene rings is 3. The van der Waals surface area contributed by atoms with E-state index in [9.17, 15) is 14.9 Å². The van der Waals surface area contributed by atoms with E-state index in [1.54, 1.807) is 24.3 Å². The number of anilines is 1. The van der Waals surface area contributed by atoms with E-state index >= 15 is 0 Å². The normalized spacial score (nSPS) is 10.9. The Morgan fingerprint density at radius 1 is 1.03 bits per heavy atom. The van der Waals surface area contributed by atoms with Crippen molar-refractivity contribution in [1.29, 1.82) is 5.26 Å². The zero-order valence-electron chi connectivity index (χ0n) is 21.1. The molecule has 3 aromatic rings. The molecule has 0 unspecified atom stereocenters. The quantitative estimate of drug-likeness (QED) is 0.185. The summed E-state index contributed by atoms with van der Waals surface area (Å²) in [5.41, 5.74) is 4.63. The highest BCUT2D eigenvalue weighted by Gasteiger charge is 2.15. The van der Waals surface area contributed by atoms with E-state index in [-0.39, 0.29) is 5.57 Å². The van der Waals surface area contributed by atoms with Crippen molar-refractivity contribution in [2.75, 3.05) is 19.0 Å². The maximum atomic E-state index is 12.7. The van der Waals surface area contributed by atoms with Crippen LogP contribution in [-0.4, -0.2) is 25.6 Å². The Morgan fingerprint density at radius 2 is 1.70 bits per heavy atom. The van der Waals surface area contributed by atoms with Gasteiger partial charge >= 0.3 is 5.97 Å². The molecule has 7 nitrogen and oxygen atoms in total. The first-order valence-electron chi connectivity index (χ1n) is 11.5. The van der Waals surface area contributed by atoms with Crippen LogP contribution in [0.1, 0.15) is 39.5 Å². The van der Waals surface area contributed by atoms with E-state index in [0.29, 0.717) is 46.0 Å². The first kappa shape index (κ1) is 27.5. The Morgan fingerprint density at radius 3 is 2.30 bits per heavy atom. The Bertz CT molecular complexity index is 1350. The predicted octanol–water partition coefficient (Wildman–Crippen LogP) is 6.38. The van der Waals surface area contributed by atoms with Crippen molar-refractivity contribution in [3.05, 3.63) is 92.5 Å². The number of aryl methyl sites for hydroxylation is 2. The van der Waals surface area contributed by atoms with Gasteiger partial charge in [-0.15, -0.1) is 0 Å². The fourth-order valence-corrected chi connectivity index (χ4v) is 4.28. The lowest BCUT2D eigenvalue weighted by atomic mass is 10.1. The summed E-state index contributed by atoms with van der Waals surface area (Å²) in [5, 5.41) is 12.3. The summed E-state index contributed by atoms with van der Waals surface area (Å²) in [6.45, 7) is 6.71. The van der Waals surface area contributed by atoms with Gasteiger partial charge in [-0.3, -0.25) is 4.79 Å². The first-order chi connectivity index (χ1) is 17.7. The molecule has 0 aliphatic heterocycles. The molecule has 0 atom stereocenters. The van der Waals surface area contributed by atoms with Gasteiger partial charge in [0.05, 0.1) is 23.8 Å². The molecule has 8 heteroatoms. The molecule has 0 spiro atoms. The summed E-state index contributed by atoms with van der Waals surface area (Å²) in [6, 6.07) is 17.8. The van der Waals surface area contributed by atoms with Crippen LogP contribution in [0.15, 0.2) is 64.6 Å². The van der Waals surface area contributed by atoms with Crippen LogP contribution in [0.2, 0.25) is 0 Å².